The van der Waals surface area contributed by atoms with Gasteiger partial charge in [-0.25, -0.2) is 0 Å². The molecular weight excluding hydrogens is 288 g/mol. The second kappa shape index (κ2) is 7.88. The van der Waals surface area contributed by atoms with E-state index in [1.165, 1.54) is 25.7 Å². The minimum absolute atomic E-state index is 0.164. The van der Waals surface area contributed by atoms with Crippen LogP contribution in [0.15, 0.2) is 11.0 Å². The molecule has 0 N–H and O–H groups in total. The van der Waals surface area contributed by atoms with Crippen LogP contribution in [0.5, 0.6) is 0 Å². The molecule has 1 saturated carbocycles. The van der Waals surface area contributed by atoms with Gasteiger partial charge in [-0.05, 0) is 44.4 Å². The van der Waals surface area contributed by atoms with Crippen LogP contribution < -0.4 is 0 Å². The first-order chi connectivity index (χ1) is 9.61. The number of allylic oxidation sites excluding steroid dienone is 2. The van der Waals surface area contributed by atoms with Gasteiger partial charge in [0.15, 0.2) is 0 Å². The molecule has 0 spiro atoms. The molecule has 2 aliphatic carbocycles. The zero-order chi connectivity index (χ0) is 14.5. The molecule has 0 amide bonds. The van der Waals surface area contributed by atoms with Gasteiger partial charge in [0.05, 0.1) is 10.8 Å². The average Bonchev–Trinajstić information content (AvgIpc) is 2.48. The third-order valence-electron chi connectivity index (χ3n) is 4.37. The normalized spacial score (nSPS) is 26.1. The zero-order valence-corrected chi connectivity index (χ0v) is 14.4. The Morgan fingerprint density at radius 2 is 1.75 bits per heavy atom. The van der Waals surface area contributed by atoms with Gasteiger partial charge in [-0.15, -0.1) is 0 Å². The molecule has 4 heteroatoms. The van der Waals surface area contributed by atoms with Crippen molar-refractivity contribution in [2.75, 3.05) is 0 Å². The summed E-state index contributed by atoms with van der Waals surface area (Å²) in [5.74, 6) is 0.224. The van der Waals surface area contributed by atoms with E-state index in [0.717, 1.165) is 37.0 Å². The smallest absolute Gasteiger partial charge is 0.117 e. The van der Waals surface area contributed by atoms with E-state index in [4.69, 9.17) is 0 Å². The van der Waals surface area contributed by atoms with Crippen LogP contribution in [0, 0.1) is 5.92 Å². The second-order valence-corrected chi connectivity index (χ2v) is 10.2. The molecule has 2 aliphatic rings. The van der Waals surface area contributed by atoms with Crippen LogP contribution in [0.2, 0.25) is 0 Å². The van der Waals surface area contributed by atoms with Crippen molar-refractivity contribution in [1.82, 2.24) is 0 Å². The van der Waals surface area contributed by atoms with Crippen molar-refractivity contribution in [3.63, 3.8) is 0 Å². The predicted molar refractivity (Wildman–Crippen MR) is 88.3 cm³/mol. The summed E-state index contributed by atoms with van der Waals surface area (Å²) >= 11 is 0. The molecular formula is C16H28O2S2. The van der Waals surface area contributed by atoms with Crippen LogP contribution in [0.25, 0.3) is 0 Å². The quantitative estimate of drug-likeness (QED) is 0.759. The maximum absolute atomic E-state index is 12.9. The van der Waals surface area contributed by atoms with E-state index in [1.54, 1.807) is 0 Å². The van der Waals surface area contributed by atoms with Gasteiger partial charge in [0, 0.05) is 21.0 Å². The lowest BCUT2D eigenvalue weighted by molar-refractivity contribution is 0.500. The van der Waals surface area contributed by atoms with E-state index >= 15 is 0 Å². The summed E-state index contributed by atoms with van der Waals surface area (Å²) in [6.45, 7) is 4.15. The molecule has 2 nitrogen and oxygen atoms in total. The molecule has 2 rings (SSSR count). The van der Waals surface area contributed by atoms with E-state index in [1.807, 2.05) is 0 Å². The Hall–Kier alpha value is 0.0400. The maximum Gasteiger partial charge on any atom is 0.117 e. The van der Waals surface area contributed by atoms with Crippen molar-refractivity contribution in [2.45, 2.75) is 81.5 Å². The maximum atomic E-state index is 12.9. The predicted octanol–water partition coefficient (Wildman–Crippen LogP) is 4.26. The molecule has 0 aromatic carbocycles. The average molecular weight is 317 g/mol. The van der Waals surface area contributed by atoms with Gasteiger partial charge in [-0.3, -0.25) is 8.42 Å². The molecule has 0 aliphatic heterocycles. The molecule has 1 fully saturated rings. The van der Waals surface area contributed by atoms with E-state index in [-0.39, 0.29) is 15.7 Å². The minimum Gasteiger partial charge on any atom is -0.258 e. The summed E-state index contributed by atoms with van der Waals surface area (Å²) in [6, 6.07) is 0. The van der Waals surface area contributed by atoms with Crippen molar-refractivity contribution in [3.8, 4) is 0 Å². The highest BCUT2D eigenvalue weighted by Gasteiger charge is 2.34. The van der Waals surface area contributed by atoms with Crippen molar-refractivity contribution in [3.05, 3.63) is 11.0 Å². The van der Waals surface area contributed by atoms with Crippen LogP contribution >= 0.6 is 0 Å². The Bertz CT molecular complexity index is 395. The topological polar surface area (TPSA) is 34.1 Å². The monoisotopic (exact) mass is 316 g/mol. The number of rotatable bonds is 5. The highest BCUT2D eigenvalue weighted by Crippen LogP contribution is 2.31. The largest absolute Gasteiger partial charge is 0.258 e. The molecule has 0 aromatic heterocycles. The van der Waals surface area contributed by atoms with Gasteiger partial charge in [0.2, 0.25) is 0 Å². The van der Waals surface area contributed by atoms with Gasteiger partial charge < -0.3 is 0 Å². The van der Waals surface area contributed by atoms with Gasteiger partial charge in [0.25, 0.3) is 0 Å². The summed E-state index contributed by atoms with van der Waals surface area (Å²) in [4.78, 5) is 1.07. The first-order valence-corrected chi connectivity index (χ1v) is 10.6. The standard InChI is InChI=1S/C16H28O2S2/c1-13(2)16(19(17)14-9-5-3-6-10-14)20(18)15-11-7-4-8-12-15/h9,13,15-16H,3-8,10-12H2,1-2H3. The lowest BCUT2D eigenvalue weighted by Gasteiger charge is -2.29. The SMILES string of the molecule is CC(C)C(S(=O)C1=CCCCC1)S(=O)C1CCCCC1. The van der Waals surface area contributed by atoms with E-state index < -0.39 is 21.6 Å². The summed E-state index contributed by atoms with van der Waals surface area (Å²) in [5.41, 5.74) is 0. The fourth-order valence-electron chi connectivity index (χ4n) is 3.23. The highest BCUT2D eigenvalue weighted by atomic mass is 32.2. The molecule has 20 heavy (non-hydrogen) atoms. The Kier molecular flexibility index (Phi) is 6.47. The molecule has 116 valence electrons. The molecule has 0 heterocycles. The van der Waals surface area contributed by atoms with E-state index in [9.17, 15) is 8.42 Å². The molecule has 3 unspecified atom stereocenters. The van der Waals surface area contributed by atoms with Crippen molar-refractivity contribution >= 4 is 21.6 Å². The lowest BCUT2D eigenvalue weighted by Crippen LogP contribution is -2.35. The Balaban J connectivity index is 2.11. The van der Waals surface area contributed by atoms with Gasteiger partial charge in [0.1, 0.15) is 4.58 Å². The van der Waals surface area contributed by atoms with Crippen LogP contribution in [0.4, 0.5) is 0 Å². The summed E-state index contributed by atoms with van der Waals surface area (Å²) in [7, 11) is -1.99. The Labute approximate surface area is 128 Å². The fourth-order valence-corrected chi connectivity index (χ4v) is 7.89. The van der Waals surface area contributed by atoms with E-state index in [2.05, 4.69) is 19.9 Å². The molecule has 0 aromatic rings. The van der Waals surface area contributed by atoms with E-state index in [0.29, 0.717) is 0 Å². The molecule has 0 radical (unpaired) electrons. The summed E-state index contributed by atoms with van der Waals surface area (Å²) in [6.07, 6.45) is 12.3. The zero-order valence-electron chi connectivity index (χ0n) is 12.8. The van der Waals surface area contributed by atoms with Gasteiger partial charge in [-0.2, -0.15) is 0 Å². The third-order valence-corrected chi connectivity index (χ3v) is 9.45. The lowest BCUT2D eigenvalue weighted by atomic mass is 10.0. The Morgan fingerprint density at radius 1 is 1.05 bits per heavy atom. The fraction of sp³-hybridized carbons (Fsp3) is 0.875. The first-order valence-electron chi connectivity index (χ1n) is 8.10. The Morgan fingerprint density at radius 3 is 2.30 bits per heavy atom. The van der Waals surface area contributed by atoms with Gasteiger partial charge in [-0.1, -0.05) is 39.2 Å². The number of hydrogen-bond donors (Lipinski definition) is 0. The van der Waals surface area contributed by atoms with Crippen molar-refractivity contribution in [2.24, 2.45) is 5.92 Å². The minimum atomic E-state index is -1.05. The highest BCUT2D eigenvalue weighted by molar-refractivity contribution is 8.05. The summed E-state index contributed by atoms with van der Waals surface area (Å²) in [5, 5.41) is 0.282. The van der Waals surface area contributed by atoms with Crippen molar-refractivity contribution < 1.29 is 8.42 Å². The summed E-state index contributed by atoms with van der Waals surface area (Å²) < 4.78 is 25.6. The van der Waals surface area contributed by atoms with Crippen LogP contribution in [-0.2, 0) is 21.6 Å². The second-order valence-electron chi connectivity index (χ2n) is 6.41. The van der Waals surface area contributed by atoms with Crippen LogP contribution in [0.3, 0.4) is 0 Å². The number of hydrogen-bond acceptors (Lipinski definition) is 2. The third kappa shape index (κ3) is 4.03. The molecule has 0 bridgehead atoms. The molecule has 0 saturated heterocycles. The van der Waals surface area contributed by atoms with Crippen molar-refractivity contribution in [1.29, 1.82) is 0 Å². The van der Waals surface area contributed by atoms with Crippen LogP contribution in [0.1, 0.15) is 71.6 Å². The molecule has 3 atom stereocenters. The first kappa shape index (κ1) is 16.4. The van der Waals surface area contributed by atoms with Gasteiger partial charge >= 0.3 is 0 Å². The van der Waals surface area contributed by atoms with Crippen LogP contribution in [-0.4, -0.2) is 18.2 Å².